The SMILES string of the molecule is CCCNC(=O)CN1CCC(Nc2ccc(S(N)(=O)=O)cc2S(C)(=O)=O)CC1. The average Bonchev–Trinajstić information content (AvgIpc) is 2.60. The number of rotatable bonds is 8. The van der Waals surface area contributed by atoms with Gasteiger partial charge in [-0.3, -0.25) is 9.69 Å². The minimum atomic E-state index is -4.00. The van der Waals surface area contributed by atoms with Crippen molar-refractivity contribution >= 4 is 31.5 Å². The van der Waals surface area contributed by atoms with E-state index < -0.39 is 19.9 Å². The van der Waals surface area contributed by atoms with Gasteiger partial charge in [0.15, 0.2) is 9.84 Å². The van der Waals surface area contributed by atoms with Crippen LogP contribution in [0.25, 0.3) is 0 Å². The number of anilines is 1. The second kappa shape index (κ2) is 9.21. The summed E-state index contributed by atoms with van der Waals surface area (Å²) in [7, 11) is -7.65. The van der Waals surface area contributed by atoms with Crippen LogP contribution in [-0.2, 0) is 24.7 Å². The molecule has 0 radical (unpaired) electrons. The summed E-state index contributed by atoms with van der Waals surface area (Å²) in [4.78, 5) is 13.5. The van der Waals surface area contributed by atoms with Crippen LogP contribution in [0.1, 0.15) is 26.2 Å². The molecule has 1 aromatic carbocycles. The Labute approximate surface area is 166 Å². The Hall–Kier alpha value is -1.69. The monoisotopic (exact) mass is 432 g/mol. The van der Waals surface area contributed by atoms with Gasteiger partial charge in [0.1, 0.15) is 0 Å². The van der Waals surface area contributed by atoms with Crippen LogP contribution in [0.15, 0.2) is 28.0 Å². The molecule has 1 fully saturated rings. The molecule has 11 heteroatoms. The number of sulfone groups is 1. The summed E-state index contributed by atoms with van der Waals surface area (Å²) in [6, 6.07) is 3.83. The highest BCUT2D eigenvalue weighted by Crippen LogP contribution is 2.27. The van der Waals surface area contributed by atoms with Crippen LogP contribution < -0.4 is 15.8 Å². The summed E-state index contributed by atoms with van der Waals surface area (Å²) < 4.78 is 47.3. The van der Waals surface area contributed by atoms with Gasteiger partial charge in [0.2, 0.25) is 15.9 Å². The number of piperidine rings is 1. The van der Waals surface area contributed by atoms with Crippen molar-refractivity contribution in [2.24, 2.45) is 5.14 Å². The van der Waals surface area contributed by atoms with Crippen molar-refractivity contribution in [2.75, 3.05) is 37.8 Å². The highest BCUT2D eigenvalue weighted by Gasteiger charge is 2.24. The molecule has 0 aliphatic carbocycles. The number of nitrogens with two attached hydrogens (primary N) is 1. The molecule has 1 aliphatic heterocycles. The number of carbonyl (C=O) groups is 1. The number of primary sulfonamides is 1. The van der Waals surface area contributed by atoms with Gasteiger partial charge in [-0.05, 0) is 37.5 Å². The first kappa shape index (κ1) is 22.6. The molecule has 1 aromatic rings. The molecule has 1 amide bonds. The van der Waals surface area contributed by atoms with E-state index in [0.29, 0.717) is 31.9 Å². The standard InChI is InChI=1S/C17H28N4O5S2/c1-3-8-19-17(22)12-21-9-6-13(7-10-21)20-15-5-4-14(28(18,25)26)11-16(15)27(2,23)24/h4-5,11,13,20H,3,6-10,12H2,1-2H3,(H,19,22)(H2,18,25,26). The molecule has 1 heterocycles. The number of amides is 1. The number of carbonyl (C=O) groups excluding carboxylic acids is 1. The van der Waals surface area contributed by atoms with Gasteiger partial charge in [-0.2, -0.15) is 0 Å². The van der Waals surface area contributed by atoms with E-state index in [1.807, 2.05) is 6.92 Å². The number of nitrogens with one attached hydrogen (secondary N) is 2. The fourth-order valence-corrected chi connectivity index (χ4v) is 4.57. The van der Waals surface area contributed by atoms with Crippen LogP contribution >= 0.6 is 0 Å². The molecule has 0 bridgehead atoms. The molecule has 4 N–H and O–H groups in total. The lowest BCUT2D eigenvalue weighted by atomic mass is 10.0. The lowest BCUT2D eigenvalue weighted by Gasteiger charge is -2.32. The summed E-state index contributed by atoms with van der Waals surface area (Å²) in [5.74, 6) is 0.00574. The van der Waals surface area contributed by atoms with Gasteiger partial charge in [0, 0.05) is 31.9 Å². The van der Waals surface area contributed by atoms with Gasteiger partial charge >= 0.3 is 0 Å². The van der Waals surface area contributed by atoms with Crippen LogP contribution in [0.4, 0.5) is 5.69 Å². The molecule has 1 aliphatic rings. The van der Waals surface area contributed by atoms with Crippen LogP contribution in [0.5, 0.6) is 0 Å². The first-order chi connectivity index (χ1) is 13.0. The second-order valence-electron chi connectivity index (χ2n) is 7.02. The topological polar surface area (TPSA) is 139 Å². The smallest absolute Gasteiger partial charge is 0.238 e. The van der Waals surface area contributed by atoms with Crippen LogP contribution in [0.2, 0.25) is 0 Å². The maximum absolute atomic E-state index is 12.1. The van der Waals surface area contributed by atoms with Crippen molar-refractivity contribution in [1.82, 2.24) is 10.2 Å². The summed E-state index contributed by atoms with van der Waals surface area (Å²) >= 11 is 0. The highest BCUT2D eigenvalue weighted by molar-refractivity contribution is 7.91. The molecular weight excluding hydrogens is 404 g/mol. The minimum absolute atomic E-state index is 0.00574. The third kappa shape index (κ3) is 6.43. The molecule has 9 nitrogen and oxygen atoms in total. The van der Waals surface area contributed by atoms with Crippen LogP contribution in [-0.4, -0.2) is 66.1 Å². The van der Waals surface area contributed by atoms with Gasteiger partial charge in [-0.1, -0.05) is 6.92 Å². The van der Waals surface area contributed by atoms with Crippen molar-refractivity contribution in [3.05, 3.63) is 18.2 Å². The van der Waals surface area contributed by atoms with Gasteiger partial charge in [0.05, 0.1) is 22.0 Å². The van der Waals surface area contributed by atoms with Crippen molar-refractivity contribution in [3.63, 3.8) is 0 Å². The van der Waals surface area contributed by atoms with E-state index in [0.717, 1.165) is 31.6 Å². The second-order valence-corrected chi connectivity index (χ2v) is 10.6. The third-order valence-electron chi connectivity index (χ3n) is 4.57. The molecule has 0 aromatic heterocycles. The maximum Gasteiger partial charge on any atom is 0.238 e. The summed E-state index contributed by atoms with van der Waals surface area (Å²) in [6.07, 6.45) is 3.39. The largest absolute Gasteiger partial charge is 0.381 e. The quantitative estimate of drug-likeness (QED) is 0.531. The Morgan fingerprint density at radius 2 is 1.86 bits per heavy atom. The van der Waals surface area contributed by atoms with E-state index in [1.165, 1.54) is 12.1 Å². The first-order valence-electron chi connectivity index (χ1n) is 9.13. The number of likely N-dealkylation sites (tertiary alicyclic amines) is 1. The van der Waals surface area contributed by atoms with E-state index >= 15 is 0 Å². The van der Waals surface area contributed by atoms with Gasteiger partial charge in [-0.15, -0.1) is 0 Å². The predicted octanol–water partition coefficient (Wildman–Crippen LogP) is 0.140. The average molecular weight is 433 g/mol. The Balaban J connectivity index is 2.04. The fraction of sp³-hybridized carbons (Fsp3) is 0.588. The Kier molecular flexibility index (Phi) is 7.43. The molecule has 158 valence electrons. The van der Waals surface area contributed by atoms with E-state index in [2.05, 4.69) is 15.5 Å². The fourth-order valence-electron chi connectivity index (χ4n) is 3.08. The van der Waals surface area contributed by atoms with Crippen LogP contribution in [0, 0.1) is 0 Å². The molecule has 0 unspecified atom stereocenters. The first-order valence-corrected chi connectivity index (χ1v) is 12.6. The van der Waals surface area contributed by atoms with Crippen molar-refractivity contribution in [2.45, 2.75) is 42.0 Å². The van der Waals surface area contributed by atoms with E-state index in [1.54, 1.807) is 0 Å². The normalized spacial score (nSPS) is 16.7. The summed E-state index contributed by atoms with van der Waals surface area (Å²) in [5, 5.41) is 11.2. The minimum Gasteiger partial charge on any atom is -0.381 e. The zero-order valence-corrected chi connectivity index (χ0v) is 17.8. The van der Waals surface area contributed by atoms with Gasteiger partial charge in [0.25, 0.3) is 0 Å². The Bertz CT molecular complexity index is 907. The Morgan fingerprint density at radius 1 is 1.21 bits per heavy atom. The van der Waals surface area contributed by atoms with Crippen LogP contribution in [0.3, 0.4) is 0 Å². The zero-order chi connectivity index (χ0) is 20.9. The lowest BCUT2D eigenvalue weighted by Crippen LogP contribution is -2.44. The molecule has 28 heavy (non-hydrogen) atoms. The van der Waals surface area contributed by atoms with E-state index in [4.69, 9.17) is 5.14 Å². The predicted molar refractivity (Wildman–Crippen MR) is 107 cm³/mol. The zero-order valence-electron chi connectivity index (χ0n) is 16.1. The molecular formula is C17H28N4O5S2. The summed E-state index contributed by atoms with van der Waals surface area (Å²) in [5.41, 5.74) is 0.356. The number of hydrogen-bond acceptors (Lipinski definition) is 7. The van der Waals surface area contributed by atoms with Gasteiger partial charge < -0.3 is 10.6 Å². The third-order valence-corrected chi connectivity index (χ3v) is 6.62. The summed E-state index contributed by atoms with van der Waals surface area (Å²) in [6.45, 7) is 4.43. The van der Waals surface area contributed by atoms with Crippen molar-refractivity contribution in [3.8, 4) is 0 Å². The molecule has 1 saturated heterocycles. The number of nitrogens with zero attached hydrogens (tertiary/aromatic N) is 1. The lowest BCUT2D eigenvalue weighted by molar-refractivity contribution is -0.122. The van der Waals surface area contributed by atoms with E-state index in [-0.39, 0.29) is 21.7 Å². The maximum atomic E-state index is 12.1. The van der Waals surface area contributed by atoms with E-state index in [9.17, 15) is 21.6 Å². The molecule has 0 saturated carbocycles. The van der Waals surface area contributed by atoms with Crippen molar-refractivity contribution in [1.29, 1.82) is 0 Å². The number of hydrogen-bond donors (Lipinski definition) is 3. The highest BCUT2D eigenvalue weighted by atomic mass is 32.2. The van der Waals surface area contributed by atoms with Crippen molar-refractivity contribution < 1.29 is 21.6 Å². The molecule has 2 rings (SSSR count). The van der Waals surface area contributed by atoms with Gasteiger partial charge in [-0.25, -0.2) is 22.0 Å². The Morgan fingerprint density at radius 3 is 2.39 bits per heavy atom. The number of sulfonamides is 1. The number of benzene rings is 1. The molecule has 0 spiro atoms. The molecule has 0 atom stereocenters.